The molecule has 0 aliphatic heterocycles. The van der Waals surface area contributed by atoms with Crippen LogP contribution in [0.15, 0.2) is 12.2 Å². The lowest BCUT2D eigenvalue weighted by molar-refractivity contribution is 0.807. The van der Waals surface area contributed by atoms with Crippen molar-refractivity contribution in [3.8, 4) is 0 Å². The van der Waals surface area contributed by atoms with Crippen LogP contribution in [-0.2, 0) is 0 Å². The van der Waals surface area contributed by atoms with Crippen LogP contribution < -0.4 is 11.1 Å². The summed E-state index contributed by atoms with van der Waals surface area (Å²) in [6, 6.07) is 0. The molecule has 0 heterocycles. The van der Waals surface area contributed by atoms with Gasteiger partial charge in [-0.15, -0.1) is 0 Å². The fraction of sp³-hybridized carbons (Fsp3) is 0.778. The third-order valence-electron chi connectivity index (χ3n) is 1.04. The molecule has 2 nitrogen and oxygen atoms in total. The molecule has 0 atom stereocenters. The highest BCUT2D eigenvalue weighted by atomic mass is 14.8. The highest BCUT2D eigenvalue weighted by Crippen LogP contribution is 1.77. The minimum absolute atomic E-state index is 0.844. The summed E-state index contributed by atoms with van der Waals surface area (Å²) in [4.78, 5) is 0. The SMILES string of the molecule is C=C(C)CNC.CCCCN. The van der Waals surface area contributed by atoms with Crippen LogP contribution in [0.4, 0.5) is 0 Å². The third-order valence-corrected chi connectivity index (χ3v) is 1.04. The molecule has 0 amide bonds. The zero-order valence-electron chi connectivity index (χ0n) is 8.11. The Labute approximate surface area is 70.9 Å². The van der Waals surface area contributed by atoms with Crippen LogP contribution in [0.3, 0.4) is 0 Å². The van der Waals surface area contributed by atoms with E-state index in [2.05, 4.69) is 18.8 Å². The van der Waals surface area contributed by atoms with Crippen molar-refractivity contribution in [3.05, 3.63) is 12.2 Å². The van der Waals surface area contributed by atoms with Crippen LogP contribution in [0.5, 0.6) is 0 Å². The van der Waals surface area contributed by atoms with Crippen molar-refractivity contribution in [1.82, 2.24) is 5.32 Å². The fourth-order valence-electron chi connectivity index (χ4n) is 0.506. The zero-order chi connectivity index (χ0) is 9.11. The maximum atomic E-state index is 5.14. The van der Waals surface area contributed by atoms with Gasteiger partial charge in [-0.05, 0) is 26.9 Å². The van der Waals surface area contributed by atoms with Crippen molar-refractivity contribution in [2.45, 2.75) is 26.7 Å². The van der Waals surface area contributed by atoms with E-state index >= 15 is 0 Å². The second-order valence-corrected chi connectivity index (χ2v) is 2.63. The van der Waals surface area contributed by atoms with Crippen LogP contribution in [0.2, 0.25) is 0 Å². The number of nitrogens with one attached hydrogen (secondary N) is 1. The first-order chi connectivity index (χ1) is 5.18. The Bertz CT molecular complexity index is 77.6. The molecule has 68 valence electrons. The molecule has 0 unspecified atom stereocenters. The van der Waals surface area contributed by atoms with Crippen molar-refractivity contribution in [2.75, 3.05) is 20.1 Å². The molecular formula is C9H22N2. The van der Waals surface area contributed by atoms with Gasteiger partial charge in [-0.2, -0.15) is 0 Å². The predicted octanol–water partition coefficient (Wildman–Crippen LogP) is 1.53. The van der Waals surface area contributed by atoms with E-state index in [4.69, 9.17) is 5.73 Å². The van der Waals surface area contributed by atoms with Crippen molar-refractivity contribution in [1.29, 1.82) is 0 Å². The second kappa shape index (κ2) is 12.3. The average Bonchev–Trinajstić information content (AvgIpc) is 1.90. The summed E-state index contributed by atoms with van der Waals surface area (Å²) < 4.78 is 0. The first kappa shape index (κ1) is 13.3. The topological polar surface area (TPSA) is 38.0 Å². The summed E-state index contributed by atoms with van der Waals surface area (Å²) in [5.41, 5.74) is 6.32. The average molecular weight is 158 g/mol. The van der Waals surface area contributed by atoms with Crippen LogP contribution in [-0.4, -0.2) is 20.1 Å². The lowest BCUT2D eigenvalue weighted by Crippen LogP contribution is -2.07. The number of likely N-dealkylation sites (N-methyl/N-ethyl adjacent to an activating group) is 1. The molecule has 2 heteroatoms. The molecule has 3 N–H and O–H groups in total. The number of rotatable bonds is 4. The van der Waals surface area contributed by atoms with Gasteiger partial charge in [-0.1, -0.05) is 25.5 Å². The normalized spacial score (nSPS) is 8.36. The van der Waals surface area contributed by atoms with Gasteiger partial charge in [0.15, 0.2) is 0 Å². The zero-order valence-corrected chi connectivity index (χ0v) is 8.11. The van der Waals surface area contributed by atoms with E-state index in [9.17, 15) is 0 Å². The predicted molar refractivity (Wildman–Crippen MR) is 52.7 cm³/mol. The minimum Gasteiger partial charge on any atom is -0.330 e. The molecule has 0 aliphatic carbocycles. The van der Waals surface area contributed by atoms with Crippen molar-refractivity contribution < 1.29 is 0 Å². The molecular weight excluding hydrogens is 136 g/mol. The van der Waals surface area contributed by atoms with E-state index in [1.807, 2.05) is 14.0 Å². The van der Waals surface area contributed by atoms with E-state index in [0.717, 1.165) is 13.1 Å². The van der Waals surface area contributed by atoms with Gasteiger partial charge in [-0.25, -0.2) is 0 Å². The van der Waals surface area contributed by atoms with Gasteiger partial charge in [0.1, 0.15) is 0 Å². The number of hydrogen-bond donors (Lipinski definition) is 2. The Hall–Kier alpha value is -0.340. The van der Waals surface area contributed by atoms with E-state index in [1.54, 1.807) is 0 Å². The molecule has 11 heavy (non-hydrogen) atoms. The third kappa shape index (κ3) is 26.1. The summed E-state index contributed by atoms with van der Waals surface area (Å²) >= 11 is 0. The Morgan fingerprint density at radius 1 is 1.55 bits per heavy atom. The maximum Gasteiger partial charge on any atom is 0.0156 e. The summed E-state index contributed by atoms with van der Waals surface area (Å²) in [5.74, 6) is 0. The lowest BCUT2D eigenvalue weighted by atomic mass is 10.3. The van der Waals surface area contributed by atoms with Gasteiger partial charge in [0.25, 0.3) is 0 Å². The molecule has 0 radical (unpaired) electrons. The summed E-state index contributed by atoms with van der Waals surface area (Å²) in [7, 11) is 1.91. The highest BCUT2D eigenvalue weighted by molar-refractivity contribution is 4.89. The van der Waals surface area contributed by atoms with Gasteiger partial charge in [0.05, 0.1) is 0 Å². The van der Waals surface area contributed by atoms with Crippen molar-refractivity contribution in [2.24, 2.45) is 5.73 Å². The van der Waals surface area contributed by atoms with Gasteiger partial charge >= 0.3 is 0 Å². The Balaban J connectivity index is 0. The van der Waals surface area contributed by atoms with Crippen molar-refractivity contribution in [3.63, 3.8) is 0 Å². The van der Waals surface area contributed by atoms with Crippen LogP contribution in [0.1, 0.15) is 26.7 Å². The molecule has 0 bridgehead atoms. The number of hydrogen-bond acceptors (Lipinski definition) is 2. The molecule has 0 spiro atoms. The van der Waals surface area contributed by atoms with Gasteiger partial charge in [-0.3, -0.25) is 0 Å². The first-order valence-electron chi connectivity index (χ1n) is 4.18. The molecule has 0 saturated heterocycles. The van der Waals surface area contributed by atoms with Gasteiger partial charge in [0, 0.05) is 6.54 Å². The van der Waals surface area contributed by atoms with E-state index in [0.29, 0.717) is 0 Å². The Morgan fingerprint density at radius 3 is 2.09 bits per heavy atom. The first-order valence-corrected chi connectivity index (χ1v) is 4.18. The Morgan fingerprint density at radius 2 is 2.09 bits per heavy atom. The molecule has 0 aliphatic rings. The summed E-state index contributed by atoms with van der Waals surface area (Å²) in [5, 5.41) is 2.97. The Kier molecular flexibility index (Phi) is 14.9. The number of nitrogens with two attached hydrogens (primary N) is 1. The van der Waals surface area contributed by atoms with Crippen molar-refractivity contribution >= 4 is 0 Å². The smallest absolute Gasteiger partial charge is 0.0156 e. The second-order valence-electron chi connectivity index (χ2n) is 2.63. The maximum absolute atomic E-state index is 5.14. The van der Waals surface area contributed by atoms with Crippen LogP contribution >= 0.6 is 0 Å². The fourth-order valence-corrected chi connectivity index (χ4v) is 0.506. The molecule has 0 aromatic carbocycles. The van der Waals surface area contributed by atoms with Gasteiger partial charge < -0.3 is 11.1 Å². The van der Waals surface area contributed by atoms with E-state index in [-0.39, 0.29) is 0 Å². The van der Waals surface area contributed by atoms with Crippen LogP contribution in [0.25, 0.3) is 0 Å². The lowest BCUT2D eigenvalue weighted by Gasteiger charge is -1.90. The summed E-state index contributed by atoms with van der Waals surface area (Å²) in [6.07, 6.45) is 2.39. The van der Waals surface area contributed by atoms with Gasteiger partial charge in [0.2, 0.25) is 0 Å². The monoisotopic (exact) mass is 158 g/mol. The van der Waals surface area contributed by atoms with Crippen LogP contribution in [0, 0.1) is 0 Å². The largest absolute Gasteiger partial charge is 0.330 e. The quantitative estimate of drug-likeness (QED) is 0.609. The highest BCUT2D eigenvalue weighted by Gasteiger charge is 1.73. The van der Waals surface area contributed by atoms with E-state index in [1.165, 1.54) is 18.4 Å². The molecule has 0 saturated carbocycles. The molecule has 0 fully saturated rings. The number of unbranched alkanes of at least 4 members (excludes halogenated alkanes) is 1. The molecule has 0 rings (SSSR count). The standard InChI is InChI=1S/C5H11N.C4H11N/c1-5(2)4-6-3;1-2-3-4-5/h6H,1,4H2,2-3H3;2-5H2,1H3. The molecule has 0 aromatic heterocycles. The summed E-state index contributed by atoms with van der Waals surface area (Å²) in [6.45, 7) is 9.58. The molecule has 0 aromatic rings. The van der Waals surface area contributed by atoms with E-state index < -0.39 is 0 Å². The minimum atomic E-state index is 0.844.